The molecule has 1 saturated heterocycles. The fourth-order valence-corrected chi connectivity index (χ4v) is 2.71. The monoisotopic (exact) mass is 261 g/mol. The van der Waals surface area contributed by atoms with Gasteiger partial charge in [0.05, 0.1) is 0 Å². The Balaban J connectivity index is 2.23. The SMILES string of the molecule is FC(F)(F)SCCN1CCCCC1CCl. The summed E-state index contributed by atoms with van der Waals surface area (Å²) in [5.74, 6) is 0.633. The molecule has 0 amide bonds. The molecule has 1 aliphatic heterocycles. The molecule has 0 N–H and O–H groups in total. The van der Waals surface area contributed by atoms with E-state index in [0.717, 1.165) is 25.8 Å². The van der Waals surface area contributed by atoms with Gasteiger partial charge in [0.1, 0.15) is 0 Å². The van der Waals surface area contributed by atoms with Gasteiger partial charge in [-0.15, -0.1) is 11.6 Å². The lowest BCUT2D eigenvalue weighted by Gasteiger charge is -2.34. The fourth-order valence-electron chi connectivity index (χ4n) is 1.81. The first-order valence-electron chi connectivity index (χ1n) is 5.03. The van der Waals surface area contributed by atoms with Gasteiger partial charge in [-0.2, -0.15) is 13.2 Å². The van der Waals surface area contributed by atoms with Crippen molar-refractivity contribution in [3.05, 3.63) is 0 Å². The molecular weight excluding hydrogens is 247 g/mol. The topological polar surface area (TPSA) is 3.24 Å². The maximum absolute atomic E-state index is 11.9. The molecule has 1 aliphatic rings. The first-order chi connectivity index (χ1) is 7.03. The minimum atomic E-state index is -4.10. The predicted octanol–water partition coefficient (Wildman–Crippen LogP) is 3.33. The lowest BCUT2D eigenvalue weighted by molar-refractivity contribution is -0.0329. The van der Waals surface area contributed by atoms with E-state index >= 15 is 0 Å². The van der Waals surface area contributed by atoms with Crippen LogP contribution in [0.15, 0.2) is 0 Å². The molecule has 0 radical (unpaired) electrons. The van der Waals surface area contributed by atoms with Gasteiger partial charge in [0.2, 0.25) is 0 Å². The number of alkyl halides is 4. The van der Waals surface area contributed by atoms with Gasteiger partial charge < -0.3 is 0 Å². The maximum Gasteiger partial charge on any atom is 0.441 e. The standard InChI is InChI=1S/C9H15ClF3NS/c10-7-8-3-1-2-4-14(8)5-6-15-9(11,12)13/h8H,1-7H2. The lowest BCUT2D eigenvalue weighted by Crippen LogP contribution is -2.42. The number of hydrogen-bond acceptors (Lipinski definition) is 2. The second-order valence-electron chi connectivity index (χ2n) is 3.63. The highest BCUT2D eigenvalue weighted by atomic mass is 35.5. The van der Waals surface area contributed by atoms with E-state index in [1.165, 1.54) is 0 Å². The molecule has 1 unspecified atom stereocenters. The molecule has 0 saturated carbocycles. The molecule has 15 heavy (non-hydrogen) atoms. The molecule has 0 bridgehead atoms. The molecule has 1 nitrogen and oxygen atoms in total. The van der Waals surface area contributed by atoms with Crippen molar-refractivity contribution in [3.63, 3.8) is 0 Å². The Kier molecular flexibility index (Phi) is 5.57. The summed E-state index contributed by atoms with van der Waals surface area (Å²) in [5, 5.41) is 0. The number of hydrogen-bond donors (Lipinski definition) is 0. The number of thioether (sulfide) groups is 1. The van der Waals surface area contributed by atoms with Gasteiger partial charge >= 0.3 is 5.51 Å². The lowest BCUT2D eigenvalue weighted by atomic mass is 10.0. The molecule has 1 fully saturated rings. The van der Waals surface area contributed by atoms with E-state index in [1.54, 1.807) is 0 Å². The van der Waals surface area contributed by atoms with Crippen LogP contribution in [0.3, 0.4) is 0 Å². The zero-order valence-corrected chi connectivity index (χ0v) is 9.97. The predicted molar refractivity (Wildman–Crippen MR) is 58.4 cm³/mol. The summed E-state index contributed by atoms with van der Waals surface area (Å²) in [4.78, 5) is 2.08. The van der Waals surface area contributed by atoms with Crippen molar-refractivity contribution in [1.82, 2.24) is 4.90 Å². The van der Waals surface area contributed by atoms with Crippen molar-refractivity contribution in [2.24, 2.45) is 0 Å². The van der Waals surface area contributed by atoms with E-state index < -0.39 is 5.51 Å². The van der Waals surface area contributed by atoms with Gasteiger partial charge in [-0.05, 0) is 31.1 Å². The second kappa shape index (κ2) is 6.21. The minimum absolute atomic E-state index is 0.0550. The fraction of sp³-hybridized carbons (Fsp3) is 1.00. The summed E-state index contributed by atoms with van der Waals surface area (Å²) in [7, 11) is 0. The molecule has 0 aromatic rings. The smallest absolute Gasteiger partial charge is 0.298 e. The molecule has 1 rings (SSSR count). The van der Waals surface area contributed by atoms with Crippen LogP contribution in [0, 0.1) is 0 Å². The summed E-state index contributed by atoms with van der Waals surface area (Å²) in [6, 6.07) is 0.272. The highest BCUT2D eigenvalue weighted by molar-refractivity contribution is 8.00. The average molecular weight is 262 g/mol. The number of piperidine rings is 1. The van der Waals surface area contributed by atoms with E-state index in [9.17, 15) is 13.2 Å². The molecule has 1 atom stereocenters. The van der Waals surface area contributed by atoms with E-state index in [0.29, 0.717) is 12.4 Å². The normalized spacial score (nSPS) is 24.4. The third-order valence-corrected chi connectivity index (χ3v) is 3.64. The van der Waals surface area contributed by atoms with Crippen LogP contribution in [-0.4, -0.2) is 41.2 Å². The van der Waals surface area contributed by atoms with Crippen LogP contribution in [0.25, 0.3) is 0 Å². The molecular formula is C9H15ClF3NS. The minimum Gasteiger partial charge on any atom is -0.298 e. The molecule has 6 heteroatoms. The van der Waals surface area contributed by atoms with Crippen LogP contribution in [-0.2, 0) is 0 Å². The zero-order valence-electron chi connectivity index (χ0n) is 8.39. The Labute approximate surface area is 97.3 Å². The van der Waals surface area contributed by atoms with Gasteiger partial charge in [0, 0.05) is 24.2 Å². The maximum atomic E-state index is 11.9. The molecule has 0 spiro atoms. The first-order valence-corrected chi connectivity index (χ1v) is 6.55. The van der Waals surface area contributed by atoms with E-state index in [-0.39, 0.29) is 23.6 Å². The van der Waals surface area contributed by atoms with Crippen molar-refractivity contribution in [3.8, 4) is 0 Å². The van der Waals surface area contributed by atoms with Gasteiger partial charge in [-0.1, -0.05) is 6.42 Å². The van der Waals surface area contributed by atoms with Crippen LogP contribution in [0.1, 0.15) is 19.3 Å². The summed E-state index contributed by atoms with van der Waals surface area (Å²) in [5.41, 5.74) is -4.10. The van der Waals surface area contributed by atoms with Crippen LogP contribution in [0.2, 0.25) is 0 Å². The Morgan fingerprint density at radius 3 is 2.67 bits per heavy atom. The molecule has 0 aliphatic carbocycles. The summed E-state index contributed by atoms with van der Waals surface area (Å²) in [6.45, 7) is 1.37. The van der Waals surface area contributed by atoms with Crippen LogP contribution < -0.4 is 0 Å². The highest BCUT2D eigenvalue weighted by Gasteiger charge is 2.29. The molecule has 0 aromatic carbocycles. The van der Waals surface area contributed by atoms with E-state index in [4.69, 9.17) is 11.6 Å². The van der Waals surface area contributed by atoms with E-state index in [1.807, 2.05) is 0 Å². The quantitative estimate of drug-likeness (QED) is 0.714. The van der Waals surface area contributed by atoms with Gasteiger partial charge in [0.15, 0.2) is 0 Å². The largest absolute Gasteiger partial charge is 0.441 e. The highest BCUT2D eigenvalue weighted by Crippen LogP contribution is 2.30. The van der Waals surface area contributed by atoms with E-state index in [2.05, 4.69) is 4.90 Å². The Morgan fingerprint density at radius 2 is 2.07 bits per heavy atom. The third-order valence-electron chi connectivity index (χ3n) is 2.57. The van der Waals surface area contributed by atoms with Crippen LogP contribution >= 0.6 is 23.4 Å². The number of rotatable bonds is 4. The summed E-state index contributed by atoms with van der Waals surface area (Å²) >= 11 is 5.83. The number of likely N-dealkylation sites (tertiary alicyclic amines) is 1. The Bertz CT molecular complexity index is 189. The Hall–Kier alpha value is 0.390. The average Bonchev–Trinajstić information content (AvgIpc) is 2.16. The second-order valence-corrected chi connectivity index (χ2v) is 5.10. The Morgan fingerprint density at radius 1 is 1.33 bits per heavy atom. The van der Waals surface area contributed by atoms with Crippen molar-refractivity contribution in [2.75, 3.05) is 24.7 Å². The number of nitrogens with zero attached hydrogens (tertiary/aromatic N) is 1. The van der Waals surface area contributed by atoms with Gasteiger partial charge in [0.25, 0.3) is 0 Å². The van der Waals surface area contributed by atoms with Crippen LogP contribution in [0.4, 0.5) is 13.2 Å². The molecule has 1 heterocycles. The summed E-state index contributed by atoms with van der Waals surface area (Å²) in [6.07, 6.45) is 3.23. The third kappa shape index (κ3) is 5.31. The van der Waals surface area contributed by atoms with Crippen molar-refractivity contribution in [2.45, 2.75) is 30.8 Å². The molecule has 90 valence electrons. The molecule has 0 aromatic heterocycles. The summed E-state index contributed by atoms with van der Waals surface area (Å²) < 4.78 is 35.7. The zero-order chi connectivity index (χ0) is 11.3. The first kappa shape index (κ1) is 13.5. The van der Waals surface area contributed by atoms with Crippen molar-refractivity contribution < 1.29 is 13.2 Å². The van der Waals surface area contributed by atoms with Crippen molar-refractivity contribution in [1.29, 1.82) is 0 Å². The van der Waals surface area contributed by atoms with Crippen LogP contribution in [0.5, 0.6) is 0 Å². The number of halogens is 4. The van der Waals surface area contributed by atoms with Gasteiger partial charge in [-0.25, -0.2) is 0 Å². The van der Waals surface area contributed by atoms with Crippen molar-refractivity contribution >= 4 is 23.4 Å². The van der Waals surface area contributed by atoms with Gasteiger partial charge in [-0.3, -0.25) is 4.90 Å².